The molecule has 0 saturated heterocycles. The molecule has 0 spiro atoms. The first-order valence-corrected chi connectivity index (χ1v) is 8.45. The number of aliphatic hydroxyl groups excluding tert-OH is 1. The van der Waals surface area contributed by atoms with Gasteiger partial charge in [-0.3, -0.25) is 9.59 Å². The van der Waals surface area contributed by atoms with E-state index in [1.165, 1.54) is 18.2 Å². The average Bonchev–Trinajstić information content (AvgIpc) is 3.08. The molecule has 3 aromatic rings. The van der Waals surface area contributed by atoms with Crippen molar-refractivity contribution in [3.8, 4) is 11.5 Å². The van der Waals surface area contributed by atoms with Crippen LogP contribution >= 0.6 is 0 Å². The van der Waals surface area contributed by atoms with Gasteiger partial charge in [-0.15, -0.1) is 0 Å². The summed E-state index contributed by atoms with van der Waals surface area (Å²) in [6, 6.07) is 9.49. The Morgan fingerprint density at radius 1 is 1.14 bits per heavy atom. The van der Waals surface area contributed by atoms with E-state index >= 15 is 0 Å². The maximum atomic E-state index is 14.0. The molecule has 4 N–H and O–H groups in total. The van der Waals surface area contributed by atoms with Gasteiger partial charge in [0, 0.05) is 17.8 Å². The Morgan fingerprint density at radius 3 is 2.45 bits per heavy atom. The smallest absolute Gasteiger partial charge is 0.251 e. The van der Waals surface area contributed by atoms with Gasteiger partial charge in [-0.2, -0.15) is 4.98 Å². The van der Waals surface area contributed by atoms with Gasteiger partial charge in [-0.05, 0) is 36.4 Å². The normalized spacial score (nSPS) is 10.4. The Hall–Kier alpha value is -3.79. The number of nitrogens with zero attached hydrogens (tertiary/aromatic N) is 1. The van der Waals surface area contributed by atoms with Crippen LogP contribution in [0.2, 0.25) is 0 Å². The highest BCUT2D eigenvalue weighted by Gasteiger charge is 2.21. The summed E-state index contributed by atoms with van der Waals surface area (Å²) in [7, 11) is 0. The third-order valence-corrected chi connectivity index (χ3v) is 3.80. The van der Waals surface area contributed by atoms with Gasteiger partial charge in [-0.1, -0.05) is 6.07 Å². The monoisotopic (exact) mass is 402 g/mol. The van der Waals surface area contributed by atoms with Gasteiger partial charge in [-0.25, -0.2) is 8.78 Å². The van der Waals surface area contributed by atoms with Crippen molar-refractivity contribution in [1.29, 1.82) is 0 Å². The lowest BCUT2D eigenvalue weighted by Crippen LogP contribution is -2.26. The summed E-state index contributed by atoms with van der Waals surface area (Å²) in [6.45, 7) is -0.0404. The van der Waals surface area contributed by atoms with E-state index in [2.05, 4.69) is 20.9 Å². The van der Waals surface area contributed by atoms with Crippen molar-refractivity contribution >= 4 is 29.7 Å². The Morgan fingerprint density at radius 2 is 1.83 bits per heavy atom. The lowest BCUT2D eigenvalue weighted by molar-refractivity contribution is -0.105. The van der Waals surface area contributed by atoms with Crippen LogP contribution in [0.25, 0.3) is 11.5 Å². The maximum absolute atomic E-state index is 14.0. The molecule has 29 heavy (non-hydrogen) atoms. The number of rotatable bonds is 8. The molecule has 3 rings (SSSR count). The molecule has 2 amide bonds. The fourth-order valence-corrected chi connectivity index (χ4v) is 2.48. The molecule has 0 fully saturated rings. The molecular weight excluding hydrogens is 386 g/mol. The second kappa shape index (κ2) is 8.93. The quantitative estimate of drug-likeness (QED) is 0.431. The predicted octanol–water partition coefficient (Wildman–Crippen LogP) is 2.65. The molecule has 0 saturated carbocycles. The Kier molecular flexibility index (Phi) is 6.15. The minimum atomic E-state index is -0.867. The number of aromatic nitrogens is 1. The van der Waals surface area contributed by atoms with Crippen LogP contribution in [0.3, 0.4) is 0 Å². The minimum absolute atomic E-state index is 0.0489. The molecule has 0 aliphatic rings. The molecule has 1 heterocycles. The highest BCUT2D eigenvalue weighted by molar-refractivity contribution is 5.94. The molecule has 0 bridgehead atoms. The lowest BCUT2D eigenvalue weighted by Gasteiger charge is -2.06. The third kappa shape index (κ3) is 4.55. The van der Waals surface area contributed by atoms with Crippen molar-refractivity contribution in [3.63, 3.8) is 0 Å². The number of anilines is 3. The van der Waals surface area contributed by atoms with Gasteiger partial charge in [0.05, 0.1) is 6.61 Å². The number of hydrogen-bond donors (Lipinski definition) is 4. The summed E-state index contributed by atoms with van der Waals surface area (Å²) in [6.07, 6.45) is 0.346. The van der Waals surface area contributed by atoms with Crippen LogP contribution in [-0.4, -0.2) is 35.6 Å². The van der Waals surface area contributed by atoms with Crippen LogP contribution in [0.1, 0.15) is 10.4 Å². The zero-order valence-corrected chi connectivity index (χ0v) is 14.9. The van der Waals surface area contributed by atoms with E-state index in [-0.39, 0.29) is 36.7 Å². The number of oxazole rings is 1. The van der Waals surface area contributed by atoms with Crippen LogP contribution < -0.4 is 16.0 Å². The number of hydrogen-bond acceptors (Lipinski definition) is 6. The molecule has 0 radical (unpaired) electrons. The van der Waals surface area contributed by atoms with Crippen molar-refractivity contribution in [2.75, 3.05) is 23.8 Å². The molecule has 10 heteroatoms. The van der Waals surface area contributed by atoms with Crippen molar-refractivity contribution < 1.29 is 27.9 Å². The second-order valence-corrected chi connectivity index (χ2v) is 5.74. The zero-order chi connectivity index (χ0) is 20.8. The summed E-state index contributed by atoms with van der Waals surface area (Å²) in [4.78, 5) is 26.6. The summed E-state index contributed by atoms with van der Waals surface area (Å²) in [5.41, 5.74) is 0.363. The number of halogens is 2. The summed E-state index contributed by atoms with van der Waals surface area (Å²) in [5, 5.41) is 16.4. The van der Waals surface area contributed by atoms with Gasteiger partial charge < -0.3 is 25.5 Å². The third-order valence-electron chi connectivity index (χ3n) is 3.80. The highest BCUT2D eigenvalue weighted by atomic mass is 19.1. The standard InChI is InChI=1S/C19H16F2N4O4/c20-13-2-1-3-14(21)15(13)18-25-16(23-10-27)19(29-18)24-12-6-4-11(5-7-12)17(28)22-8-9-26/h1-7,10,24,26H,8-9H2,(H,22,28)(H,23,27). The highest BCUT2D eigenvalue weighted by Crippen LogP contribution is 2.33. The maximum Gasteiger partial charge on any atom is 0.251 e. The van der Waals surface area contributed by atoms with E-state index in [1.54, 1.807) is 12.1 Å². The summed E-state index contributed by atoms with van der Waals surface area (Å²) >= 11 is 0. The average molecular weight is 402 g/mol. The number of benzene rings is 2. The summed E-state index contributed by atoms with van der Waals surface area (Å²) < 4.78 is 33.4. The Balaban J connectivity index is 1.86. The number of amides is 2. The first kappa shape index (κ1) is 20.0. The number of carbonyl (C=O) groups excluding carboxylic acids is 2. The van der Waals surface area contributed by atoms with Crippen molar-refractivity contribution in [2.24, 2.45) is 0 Å². The van der Waals surface area contributed by atoms with E-state index in [4.69, 9.17) is 9.52 Å². The topological polar surface area (TPSA) is 116 Å². The largest absolute Gasteiger partial charge is 0.418 e. The van der Waals surface area contributed by atoms with Gasteiger partial charge in [0.1, 0.15) is 17.2 Å². The van der Waals surface area contributed by atoms with E-state index in [0.717, 1.165) is 12.1 Å². The molecule has 0 aliphatic heterocycles. The van der Waals surface area contributed by atoms with E-state index in [0.29, 0.717) is 17.7 Å². The van der Waals surface area contributed by atoms with Gasteiger partial charge >= 0.3 is 0 Å². The van der Waals surface area contributed by atoms with E-state index in [1.807, 2.05) is 0 Å². The van der Waals surface area contributed by atoms with Crippen LogP contribution in [0.15, 0.2) is 46.9 Å². The van der Waals surface area contributed by atoms with E-state index < -0.39 is 17.2 Å². The molecule has 8 nitrogen and oxygen atoms in total. The fraction of sp³-hybridized carbons (Fsp3) is 0.105. The molecule has 2 aromatic carbocycles. The first-order valence-electron chi connectivity index (χ1n) is 8.45. The predicted molar refractivity (Wildman–Crippen MR) is 101 cm³/mol. The molecule has 0 unspecified atom stereocenters. The van der Waals surface area contributed by atoms with Crippen LogP contribution in [0.5, 0.6) is 0 Å². The van der Waals surface area contributed by atoms with Crippen LogP contribution in [0.4, 0.5) is 26.2 Å². The van der Waals surface area contributed by atoms with Crippen LogP contribution in [-0.2, 0) is 4.79 Å². The molecule has 1 aromatic heterocycles. The Bertz CT molecular complexity index is 1000. The van der Waals surface area contributed by atoms with Crippen LogP contribution in [0, 0.1) is 11.6 Å². The SMILES string of the molecule is O=CNc1nc(-c2c(F)cccc2F)oc1Nc1ccc(C(=O)NCCO)cc1. The number of aliphatic hydroxyl groups is 1. The lowest BCUT2D eigenvalue weighted by atomic mass is 10.2. The fourth-order valence-electron chi connectivity index (χ4n) is 2.48. The van der Waals surface area contributed by atoms with Gasteiger partial charge in [0.2, 0.25) is 18.2 Å². The molecule has 0 aliphatic carbocycles. The van der Waals surface area contributed by atoms with Gasteiger partial charge in [0.25, 0.3) is 5.91 Å². The number of carbonyl (C=O) groups is 2. The van der Waals surface area contributed by atoms with Crippen molar-refractivity contribution in [3.05, 3.63) is 59.7 Å². The summed E-state index contributed by atoms with van der Waals surface area (Å²) in [5.74, 6) is -2.56. The molecule has 0 atom stereocenters. The first-order chi connectivity index (χ1) is 14.0. The van der Waals surface area contributed by atoms with Crippen molar-refractivity contribution in [2.45, 2.75) is 0 Å². The van der Waals surface area contributed by atoms with Gasteiger partial charge in [0.15, 0.2) is 5.82 Å². The molecule has 150 valence electrons. The zero-order valence-electron chi connectivity index (χ0n) is 14.9. The molecular formula is C19H16F2N4O4. The number of nitrogens with one attached hydrogen (secondary N) is 3. The van der Waals surface area contributed by atoms with Crippen molar-refractivity contribution in [1.82, 2.24) is 10.3 Å². The minimum Gasteiger partial charge on any atom is -0.418 e. The van der Waals surface area contributed by atoms with E-state index in [9.17, 15) is 18.4 Å². The Labute approximate surface area is 163 Å². The second-order valence-electron chi connectivity index (χ2n) is 5.74.